The summed E-state index contributed by atoms with van der Waals surface area (Å²) in [6, 6.07) is 13.1. The number of hydrogen-bond donors (Lipinski definition) is 0. The molecule has 10 heteroatoms. The summed E-state index contributed by atoms with van der Waals surface area (Å²) in [5.41, 5.74) is 2.43. The largest absolute Gasteiger partial charge is 0.573 e. The maximum absolute atomic E-state index is 12.2. The Labute approximate surface area is 202 Å². The first kappa shape index (κ1) is 26.7. The number of halogens is 3. The van der Waals surface area contributed by atoms with Crippen LogP contribution in [0.15, 0.2) is 53.7 Å². The van der Waals surface area contributed by atoms with Crippen molar-refractivity contribution in [2.24, 2.45) is 5.16 Å². The minimum atomic E-state index is -4.71. The van der Waals surface area contributed by atoms with Gasteiger partial charge in [0.25, 0.3) is 6.29 Å². The molecular formula is C25H28F3NO6. The van der Waals surface area contributed by atoms with Crippen LogP contribution in [-0.2, 0) is 23.8 Å². The highest BCUT2D eigenvalue weighted by Crippen LogP contribution is 2.28. The van der Waals surface area contributed by atoms with Crippen LogP contribution in [0, 0.1) is 0 Å². The summed E-state index contributed by atoms with van der Waals surface area (Å²) in [5.74, 6) is -0.262. The lowest BCUT2D eigenvalue weighted by atomic mass is 9.99. The predicted molar refractivity (Wildman–Crippen MR) is 124 cm³/mol. The average Bonchev–Trinajstić information content (AvgIpc) is 2.83. The van der Waals surface area contributed by atoms with Crippen molar-refractivity contribution in [3.8, 4) is 5.75 Å². The summed E-state index contributed by atoms with van der Waals surface area (Å²) in [6.07, 6.45) is -1.79. The Morgan fingerprint density at radius 2 is 1.29 bits per heavy atom. The zero-order valence-corrected chi connectivity index (χ0v) is 19.8. The fourth-order valence-corrected chi connectivity index (χ4v) is 3.72. The molecule has 7 nitrogen and oxygen atoms in total. The maximum Gasteiger partial charge on any atom is 0.573 e. The molecule has 0 N–H and O–H groups in total. The Morgan fingerprint density at radius 1 is 0.771 bits per heavy atom. The van der Waals surface area contributed by atoms with Gasteiger partial charge in [-0.05, 0) is 35.7 Å². The molecule has 1 saturated heterocycles. The summed E-state index contributed by atoms with van der Waals surface area (Å²) in [5, 5.41) is 4.04. The van der Waals surface area contributed by atoms with Crippen molar-refractivity contribution in [3.63, 3.8) is 0 Å². The summed E-state index contributed by atoms with van der Waals surface area (Å²) in [4.78, 5) is 5.55. The van der Waals surface area contributed by atoms with E-state index in [0.29, 0.717) is 0 Å². The molecule has 2 aromatic carbocycles. The third-order valence-electron chi connectivity index (χ3n) is 5.43. The molecule has 5 atom stereocenters. The van der Waals surface area contributed by atoms with Crippen molar-refractivity contribution < 1.29 is 41.7 Å². The van der Waals surface area contributed by atoms with Crippen molar-refractivity contribution in [1.29, 1.82) is 0 Å². The van der Waals surface area contributed by atoms with Crippen LogP contribution in [0.3, 0.4) is 0 Å². The molecule has 0 saturated carbocycles. The highest BCUT2D eigenvalue weighted by molar-refractivity contribution is 5.80. The van der Waals surface area contributed by atoms with Crippen LogP contribution < -0.4 is 4.74 Å². The van der Waals surface area contributed by atoms with Gasteiger partial charge in [-0.15, -0.1) is 13.2 Å². The molecule has 35 heavy (non-hydrogen) atoms. The average molecular weight is 495 g/mol. The number of benzene rings is 2. The minimum Gasteiger partial charge on any atom is -0.406 e. The van der Waals surface area contributed by atoms with Crippen LogP contribution in [0.5, 0.6) is 5.75 Å². The molecule has 3 rings (SSSR count). The van der Waals surface area contributed by atoms with E-state index in [2.05, 4.69) is 9.89 Å². The lowest BCUT2D eigenvalue weighted by molar-refractivity contribution is -0.305. The normalized spacial score (nSPS) is 25.3. The van der Waals surface area contributed by atoms with Crippen LogP contribution >= 0.6 is 0 Å². The second-order valence-corrected chi connectivity index (χ2v) is 7.77. The fraction of sp³-hybridized carbons (Fsp3) is 0.400. The molecule has 0 spiro atoms. The Hall–Kier alpha value is -2.92. The van der Waals surface area contributed by atoms with E-state index in [1.807, 2.05) is 37.3 Å². The van der Waals surface area contributed by atoms with Gasteiger partial charge in [0.05, 0.1) is 12.3 Å². The molecule has 0 unspecified atom stereocenters. The van der Waals surface area contributed by atoms with Crippen molar-refractivity contribution in [1.82, 2.24) is 0 Å². The Bertz CT molecular complexity index is 978. The SMILES string of the molecule is CO[C@@H]1[C@@H](OC)[C@H](C)O[C@@H](O/N=C/c2ccc(/C=C/c3ccc(OC(F)(F)F)cc3)cc2)[C@@H]1OC. The van der Waals surface area contributed by atoms with Crippen LogP contribution in [0.2, 0.25) is 0 Å². The first-order valence-corrected chi connectivity index (χ1v) is 10.8. The monoisotopic (exact) mass is 495 g/mol. The second kappa shape index (κ2) is 12.2. The minimum absolute atomic E-state index is 0.262. The standard InChI is InChI=1S/C25H28F3NO6/c1-16-21(30-2)22(31-3)23(32-4)24(33-16)35-29-15-19-9-7-17(8-10-19)5-6-18-11-13-20(14-12-18)34-25(26,27)28/h5-16,21-24H,1-4H3/b6-5+,29-15+/t16-,21-,22+,23+,24-/m0/s1. The molecule has 1 aliphatic rings. The summed E-state index contributed by atoms with van der Waals surface area (Å²) >= 11 is 0. The Balaban J connectivity index is 1.56. The summed E-state index contributed by atoms with van der Waals surface area (Å²) < 4.78 is 63.0. The topological polar surface area (TPSA) is 67.7 Å². The van der Waals surface area contributed by atoms with Crippen molar-refractivity contribution in [2.75, 3.05) is 21.3 Å². The van der Waals surface area contributed by atoms with Gasteiger partial charge in [-0.2, -0.15) is 0 Å². The molecular weight excluding hydrogens is 467 g/mol. The van der Waals surface area contributed by atoms with E-state index in [1.165, 1.54) is 12.1 Å². The number of hydrogen-bond acceptors (Lipinski definition) is 7. The van der Waals surface area contributed by atoms with Gasteiger partial charge in [0.15, 0.2) is 6.10 Å². The van der Waals surface area contributed by atoms with E-state index in [-0.39, 0.29) is 24.1 Å². The molecule has 1 aliphatic heterocycles. The third-order valence-corrected chi connectivity index (χ3v) is 5.43. The van der Waals surface area contributed by atoms with Gasteiger partial charge in [-0.1, -0.05) is 53.7 Å². The van der Waals surface area contributed by atoms with Crippen molar-refractivity contribution in [2.45, 2.75) is 44.0 Å². The molecule has 0 radical (unpaired) electrons. The molecule has 1 fully saturated rings. The number of nitrogens with zero attached hydrogens (tertiary/aromatic N) is 1. The van der Waals surface area contributed by atoms with E-state index < -0.39 is 18.8 Å². The lowest BCUT2D eigenvalue weighted by Gasteiger charge is -2.42. The molecule has 0 bridgehead atoms. The van der Waals surface area contributed by atoms with E-state index in [0.717, 1.165) is 16.7 Å². The molecule has 0 amide bonds. The molecule has 2 aromatic rings. The van der Waals surface area contributed by atoms with Crippen molar-refractivity contribution >= 4 is 18.4 Å². The van der Waals surface area contributed by atoms with Crippen LogP contribution in [0.25, 0.3) is 12.2 Å². The van der Waals surface area contributed by atoms with Crippen LogP contribution in [-0.4, -0.2) is 64.6 Å². The van der Waals surface area contributed by atoms with Crippen LogP contribution in [0.1, 0.15) is 23.6 Å². The smallest absolute Gasteiger partial charge is 0.406 e. The number of methoxy groups -OCH3 is 3. The summed E-state index contributed by atoms with van der Waals surface area (Å²) in [6.45, 7) is 1.86. The molecule has 0 aliphatic carbocycles. The Morgan fingerprint density at radius 3 is 1.80 bits per heavy atom. The van der Waals surface area contributed by atoms with Gasteiger partial charge < -0.3 is 28.5 Å². The van der Waals surface area contributed by atoms with Gasteiger partial charge in [0.2, 0.25) is 0 Å². The highest BCUT2D eigenvalue weighted by Gasteiger charge is 2.46. The highest BCUT2D eigenvalue weighted by atomic mass is 19.4. The summed E-state index contributed by atoms with van der Waals surface area (Å²) in [7, 11) is 4.71. The molecule has 1 heterocycles. The zero-order chi connectivity index (χ0) is 25.4. The zero-order valence-electron chi connectivity index (χ0n) is 19.8. The number of rotatable bonds is 9. The third kappa shape index (κ3) is 7.53. The number of oxime groups is 1. The first-order chi connectivity index (χ1) is 16.7. The molecule has 190 valence electrons. The van der Waals surface area contributed by atoms with Crippen LogP contribution in [0.4, 0.5) is 13.2 Å². The van der Waals surface area contributed by atoms with E-state index in [1.54, 1.807) is 45.8 Å². The van der Waals surface area contributed by atoms with E-state index >= 15 is 0 Å². The number of alkyl halides is 3. The van der Waals surface area contributed by atoms with E-state index in [9.17, 15) is 13.2 Å². The number of ether oxygens (including phenoxy) is 5. The fourth-order valence-electron chi connectivity index (χ4n) is 3.72. The lowest BCUT2D eigenvalue weighted by Crippen LogP contribution is -2.59. The van der Waals surface area contributed by atoms with E-state index in [4.69, 9.17) is 23.8 Å². The van der Waals surface area contributed by atoms with Gasteiger partial charge >= 0.3 is 6.36 Å². The first-order valence-electron chi connectivity index (χ1n) is 10.8. The molecule has 0 aromatic heterocycles. The van der Waals surface area contributed by atoms with Crippen molar-refractivity contribution in [3.05, 3.63) is 65.2 Å². The quantitative estimate of drug-likeness (QED) is 0.280. The van der Waals surface area contributed by atoms with Gasteiger partial charge in [-0.25, -0.2) is 0 Å². The van der Waals surface area contributed by atoms with Gasteiger partial charge in [0, 0.05) is 21.3 Å². The van der Waals surface area contributed by atoms with Gasteiger partial charge in [0.1, 0.15) is 18.0 Å². The Kier molecular flexibility index (Phi) is 9.27. The second-order valence-electron chi connectivity index (χ2n) is 7.77. The maximum atomic E-state index is 12.2. The predicted octanol–water partition coefficient (Wildman–Crippen LogP) is 4.90. The van der Waals surface area contributed by atoms with Gasteiger partial charge in [-0.3, -0.25) is 0 Å².